The van der Waals surface area contributed by atoms with Crippen LogP contribution in [-0.4, -0.2) is 42.6 Å². The maximum Gasteiger partial charge on any atom is 0.336 e. The monoisotopic (exact) mass is 404 g/mol. The van der Waals surface area contributed by atoms with Crippen LogP contribution in [0, 0.1) is 13.8 Å². The van der Waals surface area contributed by atoms with Crippen LogP contribution in [0.1, 0.15) is 27.8 Å². The molecule has 0 aliphatic carbocycles. The maximum absolute atomic E-state index is 12.1. The van der Waals surface area contributed by atoms with Crippen LogP contribution in [0.3, 0.4) is 0 Å². The smallest absolute Gasteiger partial charge is 0.336 e. The predicted molar refractivity (Wildman–Crippen MR) is 118 cm³/mol. The molecule has 0 N–H and O–H groups in total. The summed E-state index contributed by atoms with van der Waals surface area (Å²) in [4.78, 5) is 17.0. The van der Waals surface area contributed by atoms with Gasteiger partial charge in [-0.15, -0.1) is 0 Å². The van der Waals surface area contributed by atoms with E-state index in [0.29, 0.717) is 5.58 Å². The summed E-state index contributed by atoms with van der Waals surface area (Å²) >= 11 is 0. The van der Waals surface area contributed by atoms with Crippen molar-refractivity contribution < 1.29 is 9.15 Å². The number of ether oxygens (including phenoxy) is 1. The van der Waals surface area contributed by atoms with Gasteiger partial charge in [-0.25, -0.2) is 4.79 Å². The Hall–Kier alpha value is -2.63. The molecule has 0 bridgehead atoms. The molecule has 3 aromatic rings. The highest BCUT2D eigenvalue weighted by Gasteiger charge is 2.20. The van der Waals surface area contributed by atoms with Gasteiger partial charge in [-0.1, -0.05) is 12.1 Å². The van der Waals surface area contributed by atoms with Gasteiger partial charge in [0, 0.05) is 57.1 Å². The van der Waals surface area contributed by atoms with Crippen molar-refractivity contribution in [3.05, 3.63) is 74.6 Å². The van der Waals surface area contributed by atoms with E-state index in [4.69, 9.17) is 9.15 Å². The molecule has 5 heteroatoms. The van der Waals surface area contributed by atoms with Crippen LogP contribution in [-0.2, 0) is 19.5 Å². The van der Waals surface area contributed by atoms with E-state index >= 15 is 0 Å². The first-order chi connectivity index (χ1) is 14.5. The number of aryl methyl sites for hydroxylation is 2. The topological polar surface area (TPSA) is 45.9 Å². The minimum Gasteiger partial charge on any atom is -0.493 e. The molecule has 2 aliphatic rings. The van der Waals surface area contributed by atoms with Crippen LogP contribution in [0.4, 0.5) is 0 Å². The van der Waals surface area contributed by atoms with Gasteiger partial charge in [0.25, 0.3) is 0 Å². The molecule has 0 amide bonds. The second-order valence-corrected chi connectivity index (χ2v) is 8.62. The minimum atomic E-state index is -0.264. The standard InChI is InChI=1S/C25H28N2O3/c1-17-11-22-21(14-25(28)30-24(22)12-18(17)2)16-27-8-6-26(7-9-27)15-19-3-4-23-20(13-19)5-10-29-23/h3-4,11-14H,5-10,15-16H2,1-2H3. The molecule has 0 spiro atoms. The van der Waals surface area contributed by atoms with Gasteiger partial charge in [-0.3, -0.25) is 9.80 Å². The van der Waals surface area contributed by atoms with Gasteiger partial charge in [-0.2, -0.15) is 0 Å². The highest BCUT2D eigenvalue weighted by atomic mass is 16.5. The Morgan fingerprint density at radius 1 is 0.900 bits per heavy atom. The van der Waals surface area contributed by atoms with Crippen LogP contribution < -0.4 is 10.4 Å². The normalized spacial score (nSPS) is 17.3. The van der Waals surface area contributed by atoms with Crippen LogP contribution in [0.2, 0.25) is 0 Å². The molecule has 0 saturated carbocycles. The molecule has 0 atom stereocenters. The maximum atomic E-state index is 12.1. The summed E-state index contributed by atoms with van der Waals surface area (Å²) in [6.07, 6.45) is 1.02. The third-order valence-corrected chi connectivity index (χ3v) is 6.46. The molecule has 2 aliphatic heterocycles. The fraction of sp³-hybridized carbons (Fsp3) is 0.400. The number of hydrogen-bond acceptors (Lipinski definition) is 5. The van der Waals surface area contributed by atoms with Crippen molar-refractivity contribution in [2.45, 2.75) is 33.4 Å². The van der Waals surface area contributed by atoms with Crippen LogP contribution >= 0.6 is 0 Å². The summed E-state index contributed by atoms with van der Waals surface area (Å²) in [5.41, 5.74) is 6.57. The van der Waals surface area contributed by atoms with Crippen molar-refractivity contribution in [1.29, 1.82) is 0 Å². The zero-order chi connectivity index (χ0) is 20.7. The van der Waals surface area contributed by atoms with E-state index in [0.717, 1.165) is 74.6 Å². The number of fused-ring (bicyclic) bond motifs is 2. The summed E-state index contributed by atoms with van der Waals surface area (Å²) in [6.45, 7) is 10.8. The Morgan fingerprint density at radius 2 is 1.63 bits per heavy atom. The summed E-state index contributed by atoms with van der Waals surface area (Å²) < 4.78 is 11.1. The zero-order valence-electron chi connectivity index (χ0n) is 17.7. The van der Waals surface area contributed by atoms with Gasteiger partial charge in [-0.05, 0) is 59.9 Å². The van der Waals surface area contributed by atoms with E-state index < -0.39 is 0 Å². The first-order valence-corrected chi connectivity index (χ1v) is 10.8. The lowest BCUT2D eigenvalue weighted by atomic mass is 10.0. The van der Waals surface area contributed by atoms with Gasteiger partial charge >= 0.3 is 5.63 Å². The van der Waals surface area contributed by atoms with E-state index in [1.807, 2.05) is 6.07 Å². The zero-order valence-corrected chi connectivity index (χ0v) is 17.7. The highest BCUT2D eigenvalue weighted by molar-refractivity contribution is 5.81. The van der Waals surface area contributed by atoms with Gasteiger partial charge in [0.15, 0.2) is 0 Å². The highest BCUT2D eigenvalue weighted by Crippen LogP contribution is 2.27. The van der Waals surface area contributed by atoms with E-state index in [1.165, 1.54) is 16.7 Å². The van der Waals surface area contributed by atoms with Gasteiger partial charge in [0.1, 0.15) is 11.3 Å². The molecule has 0 unspecified atom stereocenters. The number of hydrogen-bond donors (Lipinski definition) is 0. The summed E-state index contributed by atoms with van der Waals surface area (Å²) in [7, 11) is 0. The van der Waals surface area contributed by atoms with Crippen molar-refractivity contribution in [1.82, 2.24) is 9.80 Å². The van der Waals surface area contributed by atoms with Crippen molar-refractivity contribution in [2.75, 3.05) is 32.8 Å². The molecule has 5 nitrogen and oxygen atoms in total. The van der Waals surface area contributed by atoms with Gasteiger partial charge in [0.05, 0.1) is 6.61 Å². The molecule has 5 rings (SSSR count). The van der Waals surface area contributed by atoms with Gasteiger partial charge < -0.3 is 9.15 Å². The Kier molecular flexibility index (Phi) is 5.09. The quantitative estimate of drug-likeness (QED) is 0.621. The first kappa shape index (κ1) is 19.3. The Labute approximate surface area is 176 Å². The number of rotatable bonds is 4. The molecular weight excluding hydrogens is 376 g/mol. The van der Waals surface area contributed by atoms with Crippen LogP contribution in [0.25, 0.3) is 11.0 Å². The van der Waals surface area contributed by atoms with Crippen LogP contribution in [0.5, 0.6) is 5.75 Å². The molecule has 156 valence electrons. The Bertz CT molecular complexity index is 1140. The third-order valence-electron chi connectivity index (χ3n) is 6.46. The molecule has 1 fully saturated rings. The minimum absolute atomic E-state index is 0.264. The molecule has 30 heavy (non-hydrogen) atoms. The van der Waals surface area contributed by atoms with Crippen molar-refractivity contribution in [2.24, 2.45) is 0 Å². The van der Waals surface area contributed by atoms with Crippen LogP contribution in [0.15, 0.2) is 45.6 Å². The fourth-order valence-corrected chi connectivity index (χ4v) is 4.56. The lowest BCUT2D eigenvalue weighted by Gasteiger charge is -2.35. The van der Waals surface area contributed by atoms with Crippen molar-refractivity contribution in [3.63, 3.8) is 0 Å². The molecule has 2 aromatic carbocycles. The molecule has 1 saturated heterocycles. The average molecular weight is 405 g/mol. The SMILES string of the molecule is Cc1cc2oc(=O)cc(CN3CCN(Cc4ccc5c(c4)CCO5)CC3)c2cc1C. The fourth-order valence-electron chi connectivity index (χ4n) is 4.56. The lowest BCUT2D eigenvalue weighted by Crippen LogP contribution is -2.45. The lowest BCUT2D eigenvalue weighted by molar-refractivity contribution is 0.122. The molecular formula is C25H28N2O3. The van der Waals surface area contributed by atoms with Crippen molar-refractivity contribution >= 4 is 11.0 Å². The second-order valence-electron chi connectivity index (χ2n) is 8.62. The molecule has 3 heterocycles. The van der Waals surface area contributed by atoms with Gasteiger partial charge in [0.2, 0.25) is 0 Å². The van der Waals surface area contributed by atoms with E-state index in [2.05, 4.69) is 47.9 Å². The van der Waals surface area contributed by atoms with Crippen molar-refractivity contribution in [3.8, 4) is 5.75 Å². The Balaban J connectivity index is 1.25. The summed E-state index contributed by atoms with van der Waals surface area (Å²) in [6, 6.07) is 12.4. The third kappa shape index (κ3) is 3.87. The average Bonchev–Trinajstić information content (AvgIpc) is 3.19. The summed E-state index contributed by atoms with van der Waals surface area (Å²) in [5.74, 6) is 1.05. The number of piperazine rings is 1. The largest absolute Gasteiger partial charge is 0.493 e. The molecule has 1 aromatic heterocycles. The number of benzene rings is 2. The number of nitrogens with zero attached hydrogens (tertiary/aromatic N) is 2. The van der Waals surface area contributed by atoms with E-state index in [9.17, 15) is 4.79 Å². The van der Waals surface area contributed by atoms with E-state index in [-0.39, 0.29) is 5.63 Å². The second kappa shape index (κ2) is 7.89. The predicted octanol–water partition coefficient (Wildman–Crippen LogP) is 3.66. The Morgan fingerprint density at radius 3 is 2.43 bits per heavy atom. The first-order valence-electron chi connectivity index (χ1n) is 10.8. The summed E-state index contributed by atoms with van der Waals surface area (Å²) in [5, 5.41) is 1.06. The molecule has 0 radical (unpaired) electrons. The van der Waals surface area contributed by atoms with E-state index in [1.54, 1.807) is 6.07 Å².